The van der Waals surface area contributed by atoms with Crippen molar-refractivity contribution in [1.29, 1.82) is 5.26 Å². The van der Waals surface area contributed by atoms with Gasteiger partial charge >= 0.3 is 0 Å². The molecule has 1 amide bonds. The number of amides is 1. The third-order valence-electron chi connectivity index (χ3n) is 5.34. The first-order valence-corrected chi connectivity index (χ1v) is 9.91. The predicted molar refractivity (Wildman–Crippen MR) is 117 cm³/mol. The van der Waals surface area contributed by atoms with E-state index in [9.17, 15) is 10.1 Å². The van der Waals surface area contributed by atoms with Gasteiger partial charge in [0.25, 0.3) is 5.91 Å². The highest BCUT2D eigenvalue weighted by atomic mass is 16.2. The van der Waals surface area contributed by atoms with E-state index in [1.807, 2.05) is 56.3 Å². The highest BCUT2D eigenvalue weighted by Gasteiger charge is 2.28. The average Bonchev–Trinajstić information content (AvgIpc) is 3.50. The number of benzene rings is 1. The first-order valence-electron chi connectivity index (χ1n) is 9.91. The molecule has 2 aromatic heterocycles. The second-order valence-corrected chi connectivity index (χ2v) is 7.94. The number of carbonyl (C=O) groups excluding carboxylic acids is 1. The molecule has 2 heterocycles. The molecule has 0 bridgehead atoms. The number of nitrogens with one attached hydrogen (secondary N) is 1. The van der Waals surface area contributed by atoms with Gasteiger partial charge in [0.1, 0.15) is 17.6 Å². The summed E-state index contributed by atoms with van der Waals surface area (Å²) in [6.07, 6.45) is 4.04. The van der Waals surface area contributed by atoms with Crippen molar-refractivity contribution >= 4 is 17.4 Å². The summed E-state index contributed by atoms with van der Waals surface area (Å²) in [5, 5.41) is 16.9. The minimum Gasteiger partial charge on any atom is -0.362 e. The number of aryl methyl sites for hydroxylation is 2. The summed E-state index contributed by atoms with van der Waals surface area (Å²) in [5.41, 5.74) is 5.52. The number of nitriles is 1. The van der Waals surface area contributed by atoms with E-state index in [-0.39, 0.29) is 5.91 Å². The highest BCUT2D eigenvalue weighted by Crippen LogP contribution is 2.39. The highest BCUT2D eigenvalue weighted by molar-refractivity contribution is 6.03. The fourth-order valence-corrected chi connectivity index (χ4v) is 3.53. The Morgan fingerprint density at radius 2 is 2.03 bits per heavy atom. The van der Waals surface area contributed by atoms with Crippen molar-refractivity contribution in [3.05, 3.63) is 59.0 Å². The van der Waals surface area contributed by atoms with Gasteiger partial charge in [0.15, 0.2) is 0 Å². The Morgan fingerprint density at radius 1 is 1.27 bits per heavy atom. The zero-order valence-electron chi connectivity index (χ0n) is 17.6. The topological polar surface area (TPSA) is 86.8 Å². The fraction of sp³-hybridized carbons (Fsp3) is 0.304. The lowest BCUT2D eigenvalue weighted by Gasteiger charge is -2.15. The predicted octanol–water partition coefficient (Wildman–Crippen LogP) is 3.86. The molecule has 4 rings (SSSR count). The van der Waals surface area contributed by atoms with Gasteiger partial charge in [-0.1, -0.05) is 6.07 Å². The maximum Gasteiger partial charge on any atom is 0.273 e. The molecule has 0 radical (unpaired) electrons. The standard InChI is InChI=1S/C23H24N6O/c1-14-5-8-18(26-23(30)21-11-20(15-6-7-15)27-29(21)4)10-19(14)17-9-16(12-24)22(25-13-17)28(2)3/h5,8-11,13,15H,6-7H2,1-4H3,(H,26,30). The first kappa shape index (κ1) is 19.6. The Labute approximate surface area is 176 Å². The number of anilines is 2. The Balaban J connectivity index is 1.62. The first-order chi connectivity index (χ1) is 14.4. The van der Waals surface area contributed by atoms with Crippen LogP contribution in [0.15, 0.2) is 36.5 Å². The molecule has 1 aromatic carbocycles. The maximum atomic E-state index is 12.8. The molecule has 30 heavy (non-hydrogen) atoms. The van der Waals surface area contributed by atoms with Gasteiger partial charge in [0.2, 0.25) is 0 Å². The molecule has 1 saturated carbocycles. The van der Waals surface area contributed by atoms with Gasteiger partial charge in [0, 0.05) is 44.5 Å². The summed E-state index contributed by atoms with van der Waals surface area (Å²) < 4.78 is 1.64. The zero-order valence-corrected chi connectivity index (χ0v) is 17.6. The lowest BCUT2D eigenvalue weighted by atomic mass is 10.00. The van der Waals surface area contributed by atoms with Crippen LogP contribution in [0.25, 0.3) is 11.1 Å². The molecule has 7 heteroatoms. The molecule has 7 nitrogen and oxygen atoms in total. The lowest BCUT2D eigenvalue weighted by molar-refractivity contribution is 0.101. The van der Waals surface area contributed by atoms with Crippen LogP contribution in [0, 0.1) is 18.3 Å². The third-order valence-corrected chi connectivity index (χ3v) is 5.34. The maximum absolute atomic E-state index is 12.8. The fourth-order valence-electron chi connectivity index (χ4n) is 3.53. The van der Waals surface area contributed by atoms with E-state index >= 15 is 0 Å². The van der Waals surface area contributed by atoms with Crippen molar-refractivity contribution in [2.45, 2.75) is 25.7 Å². The Kier molecular flexibility index (Phi) is 5.00. The summed E-state index contributed by atoms with van der Waals surface area (Å²) in [4.78, 5) is 19.1. The van der Waals surface area contributed by atoms with Gasteiger partial charge in [0.05, 0.1) is 11.3 Å². The number of hydrogen-bond donors (Lipinski definition) is 1. The Bertz CT molecular complexity index is 1170. The van der Waals surface area contributed by atoms with Crippen LogP contribution >= 0.6 is 0 Å². The van der Waals surface area contributed by atoms with Crippen LogP contribution in [-0.4, -0.2) is 34.8 Å². The number of carbonyl (C=O) groups is 1. The van der Waals surface area contributed by atoms with E-state index in [1.54, 1.807) is 17.9 Å². The quantitative estimate of drug-likeness (QED) is 0.703. The van der Waals surface area contributed by atoms with E-state index < -0.39 is 0 Å². The van der Waals surface area contributed by atoms with E-state index in [0.29, 0.717) is 28.7 Å². The van der Waals surface area contributed by atoms with Gasteiger partial charge < -0.3 is 10.2 Å². The van der Waals surface area contributed by atoms with Gasteiger partial charge in [-0.05, 0) is 55.2 Å². The molecule has 0 unspecified atom stereocenters. The summed E-state index contributed by atoms with van der Waals surface area (Å²) >= 11 is 0. The molecule has 0 atom stereocenters. The largest absolute Gasteiger partial charge is 0.362 e. The van der Waals surface area contributed by atoms with Crippen molar-refractivity contribution < 1.29 is 4.79 Å². The molecule has 0 spiro atoms. The molecular formula is C23H24N6O. The zero-order chi connectivity index (χ0) is 21.4. The van der Waals surface area contributed by atoms with Crippen molar-refractivity contribution in [3.8, 4) is 17.2 Å². The molecular weight excluding hydrogens is 376 g/mol. The summed E-state index contributed by atoms with van der Waals surface area (Å²) in [6, 6.07) is 11.7. The van der Waals surface area contributed by atoms with Crippen LogP contribution < -0.4 is 10.2 Å². The van der Waals surface area contributed by atoms with Gasteiger partial charge in [-0.15, -0.1) is 0 Å². The summed E-state index contributed by atoms with van der Waals surface area (Å²) in [5.74, 6) is 0.937. The van der Waals surface area contributed by atoms with E-state index in [4.69, 9.17) is 0 Å². The number of aromatic nitrogens is 3. The van der Waals surface area contributed by atoms with Crippen LogP contribution in [0.3, 0.4) is 0 Å². The molecule has 1 N–H and O–H groups in total. The van der Waals surface area contributed by atoms with Crippen molar-refractivity contribution in [1.82, 2.24) is 14.8 Å². The van der Waals surface area contributed by atoms with Crippen molar-refractivity contribution in [2.75, 3.05) is 24.3 Å². The number of hydrogen-bond acceptors (Lipinski definition) is 5. The SMILES string of the molecule is Cc1ccc(NC(=O)c2cc(C3CC3)nn2C)cc1-c1cnc(N(C)C)c(C#N)c1. The smallest absolute Gasteiger partial charge is 0.273 e. The average molecular weight is 400 g/mol. The van der Waals surface area contributed by atoms with Crippen LogP contribution in [0.4, 0.5) is 11.5 Å². The molecule has 1 aliphatic rings. The van der Waals surface area contributed by atoms with Crippen LogP contribution in [0.2, 0.25) is 0 Å². The van der Waals surface area contributed by atoms with Gasteiger partial charge in [-0.25, -0.2) is 4.98 Å². The second kappa shape index (κ2) is 7.64. The van der Waals surface area contributed by atoms with Crippen molar-refractivity contribution in [2.24, 2.45) is 7.05 Å². The number of rotatable bonds is 5. The van der Waals surface area contributed by atoms with E-state index in [2.05, 4.69) is 21.5 Å². The Morgan fingerprint density at radius 3 is 2.70 bits per heavy atom. The normalized spacial score (nSPS) is 13.0. The molecule has 3 aromatic rings. The van der Waals surface area contributed by atoms with Crippen LogP contribution in [-0.2, 0) is 7.05 Å². The molecule has 0 aliphatic heterocycles. The number of pyridine rings is 1. The van der Waals surface area contributed by atoms with E-state index in [1.165, 1.54) is 0 Å². The second-order valence-electron chi connectivity index (χ2n) is 7.94. The molecule has 1 fully saturated rings. The molecule has 0 saturated heterocycles. The van der Waals surface area contributed by atoms with Gasteiger partial charge in [-0.2, -0.15) is 10.4 Å². The minimum atomic E-state index is -0.189. The molecule has 152 valence electrons. The summed E-state index contributed by atoms with van der Waals surface area (Å²) in [7, 11) is 5.51. The van der Waals surface area contributed by atoms with Crippen molar-refractivity contribution in [3.63, 3.8) is 0 Å². The van der Waals surface area contributed by atoms with Crippen LogP contribution in [0.5, 0.6) is 0 Å². The third kappa shape index (κ3) is 3.77. The van der Waals surface area contributed by atoms with Crippen LogP contribution in [0.1, 0.15) is 46.1 Å². The molecule has 1 aliphatic carbocycles. The monoisotopic (exact) mass is 400 g/mol. The van der Waals surface area contributed by atoms with E-state index in [0.717, 1.165) is 35.2 Å². The lowest BCUT2D eigenvalue weighted by Crippen LogP contribution is -2.16. The Hall–Kier alpha value is -3.66. The van der Waals surface area contributed by atoms with Gasteiger partial charge in [-0.3, -0.25) is 9.48 Å². The minimum absolute atomic E-state index is 0.189. The summed E-state index contributed by atoms with van der Waals surface area (Å²) in [6.45, 7) is 2.00. The number of nitrogens with zero attached hydrogens (tertiary/aromatic N) is 5.